The third kappa shape index (κ3) is 5.05. The number of aliphatic imine (C=N–C) groups is 1. The van der Waals surface area contributed by atoms with Gasteiger partial charge in [0.15, 0.2) is 11.8 Å². The zero-order chi connectivity index (χ0) is 19.4. The van der Waals surface area contributed by atoms with E-state index in [9.17, 15) is 4.79 Å². The number of nitriles is 1. The molecule has 27 heavy (non-hydrogen) atoms. The van der Waals surface area contributed by atoms with Crippen LogP contribution in [0.15, 0.2) is 50.8 Å². The van der Waals surface area contributed by atoms with Crippen molar-refractivity contribution in [3.05, 3.63) is 61.4 Å². The van der Waals surface area contributed by atoms with Gasteiger partial charge in [0.05, 0.1) is 15.6 Å². The molecule has 0 aliphatic carbocycles. The van der Waals surface area contributed by atoms with Crippen molar-refractivity contribution in [1.82, 2.24) is 5.32 Å². The average molecular weight is 483 g/mol. The zero-order valence-electron chi connectivity index (χ0n) is 13.5. The third-order valence-electron chi connectivity index (χ3n) is 3.33. The van der Waals surface area contributed by atoms with Gasteiger partial charge in [-0.15, -0.1) is 0 Å². The Kier molecular flexibility index (Phi) is 6.45. The number of benzene rings is 2. The Morgan fingerprint density at radius 3 is 2.85 bits per heavy atom. The summed E-state index contributed by atoms with van der Waals surface area (Å²) in [5.74, 6) is 0.224. The van der Waals surface area contributed by atoms with Crippen LogP contribution in [0.3, 0.4) is 0 Å². The van der Waals surface area contributed by atoms with Crippen LogP contribution in [0.25, 0.3) is 6.08 Å². The molecule has 2 aromatic rings. The second-order valence-electron chi connectivity index (χ2n) is 5.21. The monoisotopic (exact) mass is 481 g/mol. The third-order valence-corrected chi connectivity index (χ3v) is 5.27. The van der Waals surface area contributed by atoms with E-state index in [1.54, 1.807) is 42.5 Å². The summed E-state index contributed by atoms with van der Waals surface area (Å²) in [6.45, 7) is -0.0844. The average Bonchev–Trinajstić information content (AvgIpc) is 2.96. The highest BCUT2D eigenvalue weighted by molar-refractivity contribution is 9.10. The van der Waals surface area contributed by atoms with Crippen molar-refractivity contribution < 1.29 is 9.53 Å². The summed E-state index contributed by atoms with van der Waals surface area (Å²) in [7, 11) is 0. The molecule has 1 aliphatic heterocycles. The molecule has 1 aliphatic rings. The van der Waals surface area contributed by atoms with Crippen molar-refractivity contribution in [2.45, 2.75) is 0 Å². The lowest BCUT2D eigenvalue weighted by Gasteiger charge is -2.07. The van der Waals surface area contributed by atoms with Gasteiger partial charge in [-0.25, -0.2) is 4.99 Å². The minimum absolute atomic E-state index is 0.0844. The molecule has 1 fully saturated rings. The van der Waals surface area contributed by atoms with Crippen molar-refractivity contribution in [1.29, 1.82) is 5.26 Å². The fourth-order valence-corrected chi connectivity index (χ4v) is 3.83. The number of rotatable bonds is 4. The molecule has 0 aromatic heterocycles. The highest BCUT2D eigenvalue weighted by atomic mass is 79.9. The van der Waals surface area contributed by atoms with Crippen LogP contribution in [-0.2, 0) is 4.79 Å². The SMILES string of the molecule is N#CCOc1ccc(Br)cc1C=C1SC(=Nc2ccc(Cl)cc2Cl)NC1=O. The van der Waals surface area contributed by atoms with Crippen LogP contribution in [0.4, 0.5) is 5.69 Å². The van der Waals surface area contributed by atoms with E-state index in [1.807, 2.05) is 6.07 Å². The minimum atomic E-state index is -0.282. The normalized spacial score (nSPS) is 16.4. The van der Waals surface area contributed by atoms with E-state index in [0.717, 1.165) is 4.47 Å². The molecule has 1 saturated heterocycles. The van der Waals surface area contributed by atoms with Crippen molar-refractivity contribution >= 4 is 73.7 Å². The van der Waals surface area contributed by atoms with Gasteiger partial charge in [-0.05, 0) is 54.2 Å². The van der Waals surface area contributed by atoms with Gasteiger partial charge in [0.2, 0.25) is 0 Å². The molecule has 3 rings (SSSR count). The number of carbonyl (C=O) groups is 1. The predicted molar refractivity (Wildman–Crippen MR) is 113 cm³/mol. The van der Waals surface area contributed by atoms with Gasteiger partial charge in [-0.2, -0.15) is 5.26 Å². The molecule has 2 aromatic carbocycles. The van der Waals surface area contributed by atoms with Gasteiger partial charge in [-0.3, -0.25) is 4.79 Å². The molecule has 0 saturated carbocycles. The molecule has 5 nitrogen and oxygen atoms in total. The number of hydrogen-bond acceptors (Lipinski definition) is 5. The van der Waals surface area contributed by atoms with E-state index in [4.69, 9.17) is 33.2 Å². The van der Waals surface area contributed by atoms with Crippen LogP contribution in [0.2, 0.25) is 10.0 Å². The highest BCUT2D eigenvalue weighted by Gasteiger charge is 2.24. The maximum Gasteiger partial charge on any atom is 0.264 e. The molecule has 0 radical (unpaired) electrons. The fraction of sp³-hybridized carbons (Fsp3) is 0.0556. The lowest BCUT2D eigenvalue weighted by atomic mass is 10.2. The maximum absolute atomic E-state index is 12.3. The van der Waals surface area contributed by atoms with Gasteiger partial charge < -0.3 is 10.1 Å². The molecular formula is C18H10BrCl2N3O2S. The molecule has 1 amide bonds. The van der Waals surface area contributed by atoms with Gasteiger partial charge in [-0.1, -0.05) is 39.1 Å². The Morgan fingerprint density at radius 2 is 2.11 bits per heavy atom. The Morgan fingerprint density at radius 1 is 1.30 bits per heavy atom. The van der Waals surface area contributed by atoms with Gasteiger partial charge in [0.1, 0.15) is 11.8 Å². The Bertz CT molecular complexity index is 1020. The number of thioether (sulfide) groups is 1. The Balaban J connectivity index is 1.89. The van der Waals surface area contributed by atoms with Crippen LogP contribution in [0.1, 0.15) is 5.56 Å². The van der Waals surface area contributed by atoms with E-state index in [1.165, 1.54) is 11.8 Å². The first-order valence-corrected chi connectivity index (χ1v) is 9.87. The number of nitrogens with one attached hydrogen (secondary N) is 1. The van der Waals surface area contributed by atoms with Crippen molar-refractivity contribution in [2.24, 2.45) is 4.99 Å². The summed E-state index contributed by atoms with van der Waals surface area (Å²) in [6.07, 6.45) is 1.68. The van der Waals surface area contributed by atoms with E-state index in [2.05, 4.69) is 26.2 Å². The molecule has 0 atom stereocenters. The van der Waals surface area contributed by atoms with Crippen LogP contribution in [0.5, 0.6) is 5.75 Å². The summed E-state index contributed by atoms with van der Waals surface area (Å²) in [5, 5.41) is 12.7. The van der Waals surface area contributed by atoms with E-state index in [-0.39, 0.29) is 12.5 Å². The van der Waals surface area contributed by atoms with Crippen molar-refractivity contribution in [2.75, 3.05) is 6.61 Å². The first-order chi connectivity index (χ1) is 13.0. The zero-order valence-corrected chi connectivity index (χ0v) is 17.4. The first kappa shape index (κ1) is 19.8. The summed E-state index contributed by atoms with van der Waals surface area (Å²) in [4.78, 5) is 17.1. The quantitative estimate of drug-likeness (QED) is 0.579. The Labute approximate surface area is 178 Å². The largest absolute Gasteiger partial charge is 0.478 e. The standard InChI is InChI=1S/C18H10BrCl2N3O2S/c19-11-1-4-15(26-6-5-22)10(7-11)8-16-17(25)24-18(27-16)23-14-3-2-12(20)9-13(14)21/h1-4,7-9H,6H2,(H,23,24,25). The molecule has 136 valence electrons. The number of halogens is 3. The molecule has 1 heterocycles. The Hall–Kier alpha value is -1.98. The fourth-order valence-electron chi connectivity index (χ4n) is 2.18. The molecule has 9 heteroatoms. The van der Waals surface area contributed by atoms with E-state index < -0.39 is 0 Å². The van der Waals surface area contributed by atoms with Crippen LogP contribution < -0.4 is 10.1 Å². The smallest absolute Gasteiger partial charge is 0.264 e. The number of hydrogen-bond donors (Lipinski definition) is 1. The van der Waals surface area contributed by atoms with Crippen molar-refractivity contribution in [3.63, 3.8) is 0 Å². The van der Waals surface area contributed by atoms with E-state index in [0.29, 0.717) is 37.1 Å². The lowest BCUT2D eigenvalue weighted by molar-refractivity contribution is -0.115. The topological polar surface area (TPSA) is 74.5 Å². The molecule has 0 bridgehead atoms. The first-order valence-electron chi connectivity index (χ1n) is 7.50. The molecule has 0 unspecified atom stereocenters. The minimum Gasteiger partial charge on any atom is -0.478 e. The second kappa shape index (κ2) is 8.81. The number of amides is 1. The van der Waals surface area contributed by atoms with Crippen LogP contribution in [-0.4, -0.2) is 17.7 Å². The summed E-state index contributed by atoms with van der Waals surface area (Å²) in [5.41, 5.74) is 1.17. The lowest BCUT2D eigenvalue weighted by Crippen LogP contribution is -2.19. The maximum atomic E-state index is 12.3. The molecule has 0 spiro atoms. The van der Waals surface area contributed by atoms with E-state index >= 15 is 0 Å². The number of nitrogens with zero attached hydrogens (tertiary/aromatic N) is 2. The summed E-state index contributed by atoms with van der Waals surface area (Å²) < 4.78 is 6.23. The number of amidine groups is 1. The molecular weight excluding hydrogens is 473 g/mol. The van der Waals surface area contributed by atoms with Gasteiger partial charge in [0, 0.05) is 15.1 Å². The van der Waals surface area contributed by atoms with Gasteiger partial charge >= 0.3 is 0 Å². The van der Waals surface area contributed by atoms with Gasteiger partial charge in [0.25, 0.3) is 5.91 Å². The summed E-state index contributed by atoms with van der Waals surface area (Å²) in [6, 6.07) is 12.2. The predicted octanol–water partition coefficient (Wildman–Crippen LogP) is 5.55. The van der Waals surface area contributed by atoms with Crippen molar-refractivity contribution in [3.8, 4) is 11.8 Å². The second-order valence-corrected chi connectivity index (χ2v) is 8.00. The van der Waals surface area contributed by atoms with Crippen LogP contribution in [0, 0.1) is 11.3 Å². The highest BCUT2D eigenvalue weighted by Crippen LogP contribution is 2.34. The van der Waals surface area contributed by atoms with Crippen LogP contribution >= 0.6 is 50.9 Å². The number of ether oxygens (including phenoxy) is 1. The summed E-state index contributed by atoms with van der Waals surface area (Å²) >= 11 is 16.6. The molecule has 1 N–H and O–H groups in total. The number of carbonyl (C=O) groups excluding carboxylic acids is 1.